The van der Waals surface area contributed by atoms with Crippen molar-refractivity contribution in [3.63, 3.8) is 0 Å². The minimum Gasteiger partial charge on any atom is -0.463 e. The van der Waals surface area contributed by atoms with Gasteiger partial charge in [-0.2, -0.15) is 0 Å². The third kappa shape index (κ3) is 4.25. The van der Waals surface area contributed by atoms with Gasteiger partial charge in [0.2, 0.25) is 0 Å². The van der Waals surface area contributed by atoms with Gasteiger partial charge in [0.05, 0.1) is 18.2 Å². The molecule has 0 bridgehead atoms. The first-order valence-corrected chi connectivity index (χ1v) is 9.84. The molecule has 1 atom stereocenters. The minimum absolute atomic E-state index is 0.242. The molecule has 8 heteroatoms. The van der Waals surface area contributed by atoms with Crippen molar-refractivity contribution in [3.8, 4) is 0 Å². The first-order chi connectivity index (χ1) is 12.6. The lowest BCUT2D eigenvalue weighted by Gasteiger charge is -2.28. The van der Waals surface area contributed by atoms with Crippen LogP contribution in [0.15, 0.2) is 57.9 Å². The van der Waals surface area contributed by atoms with Crippen molar-refractivity contribution in [1.29, 1.82) is 0 Å². The number of rotatable bonds is 6. The van der Waals surface area contributed by atoms with Crippen LogP contribution in [0.5, 0.6) is 0 Å². The number of urea groups is 1. The van der Waals surface area contributed by atoms with Gasteiger partial charge in [-0.25, -0.2) is 14.0 Å². The quantitative estimate of drug-likeness (QED) is 0.579. The van der Waals surface area contributed by atoms with E-state index in [1.54, 1.807) is 19.1 Å². The Bertz CT molecular complexity index is 819. The van der Waals surface area contributed by atoms with E-state index < -0.39 is 12.0 Å². The molecule has 0 radical (unpaired) electrons. The number of esters is 1. The topological polar surface area (TPSA) is 67.4 Å². The molecule has 1 aliphatic heterocycles. The van der Waals surface area contributed by atoms with Gasteiger partial charge < -0.3 is 15.4 Å². The lowest BCUT2D eigenvalue weighted by molar-refractivity contribution is -0.139. The predicted molar refractivity (Wildman–Crippen MR) is 99.5 cm³/mol. The van der Waals surface area contributed by atoms with E-state index in [2.05, 4.69) is 10.6 Å². The third-order valence-electron chi connectivity index (χ3n) is 3.67. The summed E-state index contributed by atoms with van der Waals surface area (Å²) in [6, 6.07) is 8.87. The van der Waals surface area contributed by atoms with Crippen LogP contribution in [-0.2, 0) is 9.53 Å². The van der Waals surface area contributed by atoms with Gasteiger partial charge in [-0.05, 0) is 42.6 Å². The summed E-state index contributed by atoms with van der Waals surface area (Å²) < 4.78 is 18.3. The molecule has 0 aliphatic carbocycles. The monoisotopic (exact) mass is 392 g/mol. The summed E-state index contributed by atoms with van der Waals surface area (Å²) in [5.74, 6) is -0.420. The van der Waals surface area contributed by atoms with Crippen molar-refractivity contribution in [3.05, 3.63) is 63.7 Å². The summed E-state index contributed by atoms with van der Waals surface area (Å²) in [6.07, 6.45) is 0. The fourth-order valence-electron chi connectivity index (χ4n) is 2.54. The van der Waals surface area contributed by atoms with Gasteiger partial charge >= 0.3 is 12.0 Å². The number of carbonyl (C=O) groups excluding carboxylic acids is 2. The van der Waals surface area contributed by atoms with Crippen molar-refractivity contribution in [2.75, 3.05) is 12.4 Å². The molecule has 0 saturated carbocycles. The van der Waals surface area contributed by atoms with Crippen LogP contribution in [0.25, 0.3) is 0 Å². The maximum absolute atomic E-state index is 13.0. The second kappa shape index (κ2) is 8.37. The smallest absolute Gasteiger partial charge is 0.338 e. The SMILES string of the molecule is CCOC(=O)C1=C(CSc2ccc(F)cc2)NC(=O)N[C@@H]1c1cccs1. The molecule has 0 fully saturated rings. The number of thioether (sulfide) groups is 1. The predicted octanol–water partition coefficient (Wildman–Crippen LogP) is 3.85. The van der Waals surface area contributed by atoms with Crippen molar-refractivity contribution in [2.24, 2.45) is 0 Å². The maximum atomic E-state index is 13.0. The summed E-state index contributed by atoms with van der Waals surface area (Å²) in [6.45, 7) is 1.98. The number of hydrogen-bond acceptors (Lipinski definition) is 5. The molecule has 0 saturated heterocycles. The van der Waals surface area contributed by atoms with Gasteiger partial charge in [-0.1, -0.05) is 6.07 Å². The van der Waals surface area contributed by atoms with Crippen molar-refractivity contribution < 1.29 is 18.7 Å². The zero-order valence-corrected chi connectivity index (χ0v) is 15.6. The van der Waals surface area contributed by atoms with Gasteiger partial charge in [-0.3, -0.25) is 0 Å². The number of thiophene rings is 1. The summed E-state index contributed by atoms with van der Waals surface area (Å²) in [5, 5.41) is 7.39. The molecule has 2 amide bonds. The van der Waals surface area contributed by atoms with Crippen molar-refractivity contribution in [2.45, 2.75) is 17.9 Å². The summed E-state index contributed by atoms with van der Waals surface area (Å²) >= 11 is 2.86. The molecule has 1 aromatic heterocycles. The fraction of sp³-hybridized carbons (Fsp3) is 0.222. The molecule has 2 N–H and O–H groups in total. The van der Waals surface area contributed by atoms with Crippen LogP contribution in [0.4, 0.5) is 9.18 Å². The van der Waals surface area contributed by atoms with Crippen LogP contribution in [0.2, 0.25) is 0 Å². The highest BCUT2D eigenvalue weighted by Gasteiger charge is 2.34. The van der Waals surface area contributed by atoms with Gasteiger partial charge in [-0.15, -0.1) is 23.1 Å². The second-order valence-electron chi connectivity index (χ2n) is 5.40. The van der Waals surface area contributed by atoms with Gasteiger partial charge in [0.1, 0.15) is 5.82 Å². The van der Waals surface area contributed by atoms with Crippen LogP contribution in [0.1, 0.15) is 17.8 Å². The molecular weight excluding hydrogens is 375 g/mol. The number of carbonyl (C=O) groups is 2. The van der Waals surface area contributed by atoms with E-state index in [0.717, 1.165) is 9.77 Å². The summed E-state index contributed by atoms with van der Waals surface area (Å²) in [4.78, 5) is 26.3. The number of hydrogen-bond donors (Lipinski definition) is 2. The molecule has 0 spiro atoms. The van der Waals surface area contributed by atoms with E-state index in [1.807, 2.05) is 17.5 Å². The number of amides is 2. The Labute approximate surface area is 158 Å². The summed E-state index contributed by atoms with van der Waals surface area (Å²) in [5.41, 5.74) is 0.892. The zero-order chi connectivity index (χ0) is 18.5. The highest BCUT2D eigenvalue weighted by molar-refractivity contribution is 7.99. The van der Waals surface area contributed by atoms with Crippen LogP contribution in [0.3, 0.4) is 0 Å². The maximum Gasteiger partial charge on any atom is 0.338 e. The Morgan fingerprint density at radius 2 is 2.08 bits per heavy atom. The van der Waals surface area contributed by atoms with E-state index >= 15 is 0 Å². The molecule has 136 valence electrons. The molecular formula is C18H17FN2O3S2. The highest BCUT2D eigenvalue weighted by atomic mass is 32.2. The molecule has 3 rings (SSSR count). The first kappa shape index (κ1) is 18.5. The molecule has 2 heterocycles. The zero-order valence-electron chi connectivity index (χ0n) is 14.0. The number of benzene rings is 1. The Morgan fingerprint density at radius 1 is 1.31 bits per heavy atom. The Balaban J connectivity index is 1.91. The van der Waals surface area contributed by atoms with Crippen LogP contribution in [-0.4, -0.2) is 24.4 Å². The Morgan fingerprint density at radius 3 is 2.73 bits per heavy atom. The van der Waals surface area contributed by atoms with E-state index in [1.165, 1.54) is 35.2 Å². The minimum atomic E-state index is -0.549. The normalized spacial score (nSPS) is 16.8. The van der Waals surface area contributed by atoms with Crippen molar-refractivity contribution >= 4 is 35.1 Å². The average Bonchev–Trinajstić information content (AvgIpc) is 3.15. The van der Waals surface area contributed by atoms with Gasteiger partial charge in [0.15, 0.2) is 0 Å². The summed E-state index contributed by atoms with van der Waals surface area (Å²) in [7, 11) is 0. The molecule has 26 heavy (non-hydrogen) atoms. The van der Waals surface area contributed by atoms with Gasteiger partial charge in [0, 0.05) is 21.2 Å². The van der Waals surface area contributed by atoms with E-state index in [4.69, 9.17) is 4.74 Å². The van der Waals surface area contributed by atoms with E-state index in [-0.39, 0.29) is 18.5 Å². The number of halogens is 1. The first-order valence-electron chi connectivity index (χ1n) is 7.98. The van der Waals surface area contributed by atoms with Crippen LogP contribution < -0.4 is 10.6 Å². The largest absolute Gasteiger partial charge is 0.463 e. The van der Waals surface area contributed by atoms with Gasteiger partial charge in [0.25, 0.3) is 0 Å². The molecule has 1 aromatic carbocycles. The standard InChI is InChI=1S/C18H17FN2O3S2/c1-2-24-17(22)15-13(10-26-12-7-5-11(19)6-8-12)20-18(23)21-16(15)14-4-3-9-25-14/h3-9,16H,2,10H2,1H3,(H2,20,21,23)/t16-/m1/s1. The number of ether oxygens (including phenoxy) is 1. The Hall–Kier alpha value is -2.32. The third-order valence-corrected chi connectivity index (χ3v) is 5.65. The second-order valence-corrected chi connectivity index (χ2v) is 7.43. The van der Waals surface area contributed by atoms with Crippen molar-refractivity contribution in [1.82, 2.24) is 10.6 Å². The van der Waals surface area contributed by atoms with E-state index in [0.29, 0.717) is 17.0 Å². The molecule has 5 nitrogen and oxygen atoms in total. The van der Waals surface area contributed by atoms with Crippen LogP contribution >= 0.6 is 23.1 Å². The number of nitrogens with one attached hydrogen (secondary N) is 2. The lowest BCUT2D eigenvalue weighted by atomic mass is 10.0. The average molecular weight is 392 g/mol. The molecule has 2 aromatic rings. The fourth-order valence-corrected chi connectivity index (χ4v) is 4.19. The Kier molecular flexibility index (Phi) is 5.95. The molecule has 0 unspecified atom stereocenters. The molecule has 1 aliphatic rings. The van der Waals surface area contributed by atoms with E-state index in [9.17, 15) is 14.0 Å². The lowest BCUT2D eigenvalue weighted by Crippen LogP contribution is -2.46. The van der Waals surface area contributed by atoms with Crippen LogP contribution in [0, 0.1) is 5.82 Å². The highest BCUT2D eigenvalue weighted by Crippen LogP contribution is 2.32.